The number of aromatic amines is 1. The summed E-state index contributed by atoms with van der Waals surface area (Å²) in [6, 6.07) is 48.2. The van der Waals surface area contributed by atoms with E-state index in [2.05, 4.69) is 89.9 Å². The molecule has 8 rings (SSSR count). The lowest BCUT2D eigenvalue weighted by molar-refractivity contribution is 0.483. The van der Waals surface area contributed by atoms with Crippen molar-refractivity contribution in [1.82, 2.24) is 9.97 Å². The molecule has 0 amide bonds. The van der Waals surface area contributed by atoms with Gasteiger partial charge >= 0.3 is 0 Å². The smallest absolute Gasteiger partial charge is 0.294 e. The summed E-state index contributed by atoms with van der Waals surface area (Å²) in [4.78, 5) is 8.09. The number of nitrogens with one attached hydrogen (secondary N) is 1. The van der Waals surface area contributed by atoms with Crippen LogP contribution in [0.4, 0.5) is 0 Å². The van der Waals surface area contributed by atoms with E-state index in [4.69, 9.17) is 4.98 Å². The Morgan fingerprint density at radius 1 is 0.489 bits per heavy atom. The van der Waals surface area contributed by atoms with Crippen LogP contribution < -0.4 is 0 Å². The highest BCUT2D eigenvalue weighted by atomic mass is 32.2. The highest BCUT2D eigenvalue weighted by Gasteiger charge is 2.17. The normalized spacial score (nSPS) is 11.8. The van der Waals surface area contributed by atoms with Crippen molar-refractivity contribution in [3.8, 4) is 44.8 Å². The number of imidazole rings is 1. The number of rotatable bonds is 5. The van der Waals surface area contributed by atoms with Gasteiger partial charge in [0.25, 0.3) is 10.1 Å². The Kier molecular flexibility index (Phi) is 6.34. The molecular formula is C39H26N2O3S. The molecule has 0 aliphatic heterocycles. The Morgan fingerprint density at radius 2 is 0.978 bits per heavy atom. The maximum absolute atomic E-state index is 11.7. The van der Waals surface area contributed by atoms with E-state index in [1.54, 1.807) is 6.07 Å². The first-order valence-corrected chi connectivity index (χ1v) is 16.1. The van der Waals surface area contributed by atoms with Crippen molar-refractivity contribution in [3.63, 3.8) is 0 Å². The minimum Gasteiger partial charge on any atom is -0.338 e. The first-order valence-electron chi connectivity index (χ1n) is 14.6. The zero-order valence-electron chi connectivity index (χ0n) is 24.0. The molecule has 7 aromatic carbocycles. The first-order chi connectivity index (χ1) is 21.9. The van der Waals surface area contributed by atoms with Crippen LogP contribution in [0.5, 0.6) is 0 Å². The first kappa shape index (κ1) is 27.0. The van der Waals surface area contributed by atoms with Crippen LogP contribution in [0.3, 0.4) is 0 Å². The van der Waals surface area contributed by atoms with Gasteiger partial charge in [0.2, 0.25) is 0 Å². The van der Waals surface area contributed by atoms with E-state index < -0.39 is 10.1 Å². The fourth-order valence-electron chi connectivity index (χ4n) is 6.30. The summed E-state index contributed by atoms with van der Waals surface area (Å²) in [5.41, 5.74) is 9.08. The number of hydrogen-bond donors (Lipinski definition) is 2. The summed E-state index contributed by atoms with van der Waals surface area (Å²) in [5, 5.41) is 4.61. The van der Waals surface area contributed by atoms with Crippen LogP contribution >= 0.6 is 0 Å². The fraction of sp³-hybridized carbons (Fsp3) is 0. The average molecular weight is 603 g/mol. The Bertz CT molecular complexity index is 2410. The second kappa shape index (κ2) is 10.6. The van der Waals surface area contributed by atoms with Crippen molar-refractivity contribution < 1.29 is 13.0 Å². The van der Waals surface area contributed by atoms with Crippen molar-refractivity contribution >= 4 is 42.7 Å². The highest BCUT2D eigenvalue weighted by molar-refractivity contribution is 7.85. The molecule has 0 atom stereocenters. The predicted molar refractivity (Wildman–Crippen MR) is 183 cm³/mol. The summed E-state index contributed by atoms with van der Waals surface area (Å²) in [5.74, 6) is 0.848. The second-order valence-electron chi connectivity index (χ2n) is 11.1. The third-order valence-corrected chi connectivity index (χ3v) is 9.26. The summed E-state index contributed by atoms with van der Waals surface area (Å²) in [6.45, 7) is 0. The topological polar surface area (TPSA) is 83.1 Å². The minimum atomic E-state index is -4.29. The Hall–Kier alpha value is -5.56. The fourth-order valence-corrected chi connectivity index (χ4v) is 6.83. The number of aromatic nitrogens is 2. The van der Waals surface area contributed by atoms with E-state index in [0.717, 1.165) is 66.2 Å². The van der Waals surface area contributed by atoms with Gasteiger partial charge in [-0.1, -0.05) is 121 Å². The van der Waals surface area contributed by atoms with Crippen molar-refractivity contribution in [3.05, 3.63) is 146 Å². The Balaban J connectivity index is 1.25. The molecule has 0 fully saturated rings. The summed E-state index contributed by atoms with van der Waals surface area (Å²) in [7, 11) is -4.29. The molecule has 0 saturated heterocycles. The minimum absolute atomic E-state index is 0.123. The maximum atomic E-state index is 11.7. The molecule has 0 spiro atoms. The van der Waals surface area contributed by atoms with Crippen LogP contribution in [0.2, 0.25) is 0 Å². The third-order valence-electron chi connectivity index (χ3n) is 8.41. The number of nitrogens with zero attached hydrogens (tertiary/aromatic N) is 1. The second-order valence-corrected chi connectivity index (χ2v) is 12.5. The quantitative estimate of drug-likeness (QED) is 0.152. The van der Waals surface area contributed by atoms with Gasteiger partial charge in [-0.25, -0.2) is 4.98 Å². The van der Waals surface area contributed by atoms with E-state index in [1.165, 1.54) is 17.7 Å². The largest absolute Gasteiger partial charge is 0.338 e. The number of fused-ring (bicyclic) bond motifs is 3. The molecule has 0 unspecified atom stereocenters. The van der Waals surface area contributed by atoms with E-state index in [1.807, 2.05) is 42.5 Å². The highest BCUT2D eigenvalue weighted by Crippen LogP contribution is 2.44. The Labute approximate surface area is 260 Å². The molecule has 1 heterocycles. The molecule has 2 N–H and O–H groups in total. The molecule has 0 aliphatic carbocycles. The number of hydrogen-bond acceptors (Lipinski definition) is 3. The van der Waals surface area contributed by atoms with Gasteiger partial charge in [0.05, 0.1) is 15.9 Å². The van der Waals surface area contributed by atoms with Crippen molar-refractivity contribution in [1.29, 1.82) is 0 Å². The number of para-hydroxylation sites is 2. The third kappa shape index (κ3) is 4.77. The predicted octanol–water partition coefficient (Wildman–Crippen LogP) is 9.78. The molecule has 5 nitrogen and oxygen atoms in total. The lowest BCUT2D eigenvalue weighted by Crippen LogP contribution is -1.97. The van der Waals surface area contributed by atoms with Gasteiger partial charge in [0, 0.05) is 5.56 Å². The molecule has 0 aliphatic rings. The number of H-pyrrole nitrogens is 1. The van der Waals surface area contributed by atoms with Gasteiger partial charge in [-0.3, -0.25) is 4.55 Å². The number of benzene rings is 7. The molecule has 8 aromatic rings. The monoisotopic (exact) mass is 602 g/mol. The van der Waals surface area contributed by atoms with E-state index in [-0.39, 0.29) is 4.90 Å². The van der Waals surface area contributed by atoms with Gasteiger partial charge < -0.3 is 4.98 Å². The van der Waals surface area contributed by atoms with Crippen molar-refractivity contribution in [2.24, 2.45) is 0 Å². The van der Waals surface area contributed by atoms with Gasteiger partial charge in [-0.15, -0.1) is 0 Å². The van der Waals surface area contributed by atoms with Crippen LogP contribution in [0.15, 0.2) is 150 Å². The molecular weight excluding hydrogens is 577 g/mol. The van der Waals surface area contributed by atoms with E-state index in [0.29, 0.717) is 5.56 Å². The molecule has 1 aromatic heterocycles. The van der Waals surface area contributed by atoms with E-state index in [9.17, 15) is 13.0 Å². The molecule has 6 heteroatoms. The van der Waals surface area contributed by atoms with Gasteiger partial charge in [-0.2, -0.15) is 8.42 Å². The Morgan fingerprint density at radius 3 is 1.51 bits per heavy atom. The van der Waals surface area contributed by atoms with Crippen LogP contribution in [0.25, 0.3) is 77.3 Å². The molecule has 216 valence electrons. The zero-order valence-corrected chi connectivity index (χ0v) is 24.8. The average Bonchev–Trinajstić information content (AvgIpc) is 3.52. The summed E-state index contributed by atoms with van der Waals surface area (Å²) >= 11 is 0. The maximum Gasteiger partial charge on any atom is 0.294 e. The van der Waals surface area contributed by atoms with Crippen LogP contribution in [-0.2, 0) is 10.1 Å². The van der Waals surface area contributed by atoms with Crippen LogP contribution in [0.1, 0.15) is 0 Å². The summed E-state index contributed by atoms with van der Waals surface area (Å²) < 4.78 is 32.9. The van der Waals surface area contributed by atoms with Gasteiger partial charge in [-0.05, 0) is 79.2 Å². The molecule has 45 heavy (non-hydrogen) atoms. The van der Waals surface area contributed by atoms with E-state index >= 15 is 0 Å². The standard InChI is InChI=1S/C39H26N2O3S/c42-45(43,44)30-9-7-8-29(24-30)25-16-18-26(19-17-25)37-31-10-1-3-12-33(31)38(34-13-4-2-11-32(34)37)27-20-22-28(23-21-27)39-40-35-14-5-6-15-36(35)41-39/h1-24H,(H,40,41)(H,42,43,44). The lowest BCUT2D eigenvalue weighted by Gasteiger charge is -2.18. The molecule has 0 radical (unpaired) electrons. The SMILES string of the molecule is O=S(=O)(O)c1cccc(-c2ccc(-c3c4ccccc4c(-c4ccc(-c5nc6ccccc6[nH]5)cc4)c4ccccc34)cc2)c1. The zero-order chi connectivity index (χ0) is 30.5. The van der Waals surface area contributed by atoms with Crippen LogP contribution in [-0.4, -0.2) is 22.9 Å². The van der Waals surface area contributed by atoms with Gasteiger partial charge in [0.15, 0.2) is 0 Å². The van der Waals surface area contributed by atoms with Gasteiger partial charge in [0.1, 0.15) is 5.82 Å². The van der Waals surface area contributed by atoms with Crippen LogP contribution in [0, 0.1) is 0 Å². The molecule has 0 saturated carbocycles. The lowest BCUT2D eigenvalue weighted by atomic mass is 9.85. The van der Waals surface area contributed by atoms with Crippen molar-refractivity contribution in [2.75, 3.05) is 0 Å². The van der Waals surface area contributed by atoms with Crippen molar-refractivity contribution in [2.45, 2.75) is 4.90 Å². The summed E-state index contributed by atoms with van der Waals surface area (Å²) in [6.07, 6.45) is 0. The molecule has 0 bridgehead atoms.